The second-order valence-electron chi connectivity index (χ2n) is 4.00. The van der Waals surface area contributed by atoms with Crippen LogP contribution in [0.2, 0.25) is 0 Å². The Bertz CT molecular complexity index is 476. The Morgan fingerprint density at radius 2 is 2.16 bits per heavy atom. The number of amides is 1. The van der Waals surface area contributed by atoms with Crippen LogP contribution >= 0.6 is 22.6 Å². The quantitative estimate of drug-likeness (QED) is 0.746. The SMILES string of the molecule is CCCNC(=O)C(C)Oc1cc(C(=O)O)ccc1I. The molecule has 6 heteroatoms. The predicted octanol–water partition coefficient (Wildman–Crippen LogP) is 2.28. The number of halogens is 1. The van der Waals surface area contributed by atoms with Gasteiger partial charge in [0.1, 0.15) is 5.75 Å². The minimum absolute atomic E-state index is 0.136. The molecule has 1 unspecified atom stereocenters. The molecule has 0 saturated carbocycles. The zero-order chi connectivity index (χ0) is 14.4. The minimum atomic E-state index is -1.02. The monoisotopic (exact) mass is 377 g/mol. The molecular weight excluding hydrogens is 361 g/mol. The van der Waals surface area contributed by atoms with Crippen LogP contribution in [0, 0.1) is 3.57 Å². The van der Waals surface area contributed by atoms with Gasteiger partial charge in [-0.3, -0.25) is 4.79 Å². The van der Waals surface area contributed by atoms with E-state index < -0.39 is 12.1 Å². The number of nitrogens with one attached hydrogen (secondary N) is 1. The third kappa shape index (κ3) is 4.70. The molecule has 0 aliphatic heterocycles. The number of ether oxygens (including phenoxy) is 1. The van der Waals surface area contributed by atoms with Gasteiger partial charge in [-0.05, 0) is 54.1 Å². The Hall–Kier alpha value is -1.31. The molecule has 1 rings (SSSR count). The fourth-order valence-electron chi connectivity index (χ4n) is 1.36. The van der Waals surface area contributed by atoms with Crippen LogP contribution in [-0.2, 0) is 4.79 Å². The van der Waals surface area contributed by atoms with Crippen molar-refractivity contribution >= 4 is 34.5 Å². The molecule has 0 radical (unpaired) electrons. The number of rotatable bonds is 6. The van der Waals surface area contributed by atoms with E-state index in [0.717, 1.165) is 9.99 Å². The molecule has 5 nitrogen and oxygen atoms in total. The van der Waals surface area contributed by atoms with Crippen molar-refractivity contribution in [2.24, 2.45) is 0 Å². The fourth-order valence-corrected chi connectivity index (χ4v) is 1.83. The molecule has 0 spiro atoms. The zero-order valence-electron chi connectivity index (χ0n) is 10.8. The van der Waals surface area contributed by atoms with Gasteiger partial charge in [0.2, 0.25) is 0 Å². The molecule has 104 valence electrons. The van der Waals surface area contributed by atoms with Crippen molar-refractivity contribution in [2.45, 2.75) is 26.4 Å². The van der Waals surface area contributed by atoms with E-state index in [1.54, 1.807) is 13.0 Å². The van der Waals surface area contributed by atoms with Crippen LogP contribution in [0.1, 0.15) is 30.6 Å². The highest BCUT2D eigenvalue weighted by atomic mass is 127. The van der Waals surface area contributed by atoms with Crippen molar-refractivity contribution < 1.29 is 19.4 Å². The van der Waals surface area contributed by atoms with Crippen LogP contribution in [0.5, 0.6) is 5.75 Å². The summed E-state index contributed by atoms with van der Waals surface area (Å²) in [7, 11) is 0. The second kappa shape index (κ2) is 7.32. The lowest BCUT2D eigenvalue weighted by Crippen LogP contribution is -2.36. The molecule has 0 fully saturated rings. The molecule has 0 aliphatic rings. The number of carbonyl (C=O) groups is 2. The number of hydrogen-bond acceptors (Lipinski definition) is 3. The van der Waals surface area contributed by atoms with Crippen LogP contribution < -0.4 is 10.1 Å². The topological polar surface area (TPSA) is 75.6 Å². The lowest BCUT2D eigenvalue weighted by atomic mass is 10.2. The first-order chi connectivity index (χ1) is 8.95. The van der Waals surface area contributed by atoms with Gasteiger partial charge in [-0.1, -0.05) is 6.92 Å². The highest BCUT2D eigenvalue weighted by Gasteiger charge is 2.16. The Labute approximate surface area is 125 Å². The van der Waals surface area contributed by atoms with Crippen LogP contribution in [0.25, 0.3) is 0 Å². The van der Waals surface area contributed by atoms with Crippen molar-refractivity contribution in [3.05, 3.63) is 27.3 Å². The first-order valence-electron chi connectivity index (χ1n) is 5.93. The largest absolute Gasteiger partial charge is 0.480 e. The van der Waals surface area contributed by atoms with E-state index in [0.29, 0.717) is 12.3 Å². The predicted molar refractivity (Wildman–Crippen MR) is 79.5 cm³/mol. The summed E-state index contributed by atoms with van der Waals surface area (Å²) in [6.45, 7) is 4.19. The van der Waals surface area contributed by atoms with Crippen molar-refractivity contribution in [1.82, 2.24) is 5.32 Å². The summed E-state index contributed by atoms with van der Waals surface area (Å²) in [5.74, 6) is -0.831. The van der Waals surface area contributed by atoms with Gasteiger partial charge >= 0.3 is 5.97 Å². The molecule has 1 atom stereocenters. The van der Waals surface area contributed by atoms with Crippen molar-refractivity contribution in [2.75, 3.05) is 6.54 Å². The van der Waals surface area contributed by atoms with E-state index in [1.807, 2.05) is 29.5 Å². The van der Waals surface area contributed by atoms with E-state index in [4.69, 9.17) is 9.84 Å². The zero-order valence-corrected chi connectivity index (χ0v) is 12.9. The van der Waals surface area contributed by atoms with E-state index in [1.165, 1.54) is 12.1 Å². The minimum Gasteiger partial charge on any atom is -0.480 e. The average Bonchev–Trinajstić information content (AvgIpc) is 2.38. The van der Waals surface area contributed by atoms with E-state index in [-0.39, 0.29) is 11.5 Å². The second-order valence-corrected chi connectivity index (χ2v) is 5.16. The Morgan fingerprint density at radius 1 is 1.47 bits per heavy atom. The van der Waals surface area contributed by atoms with Crippen LogP contribution in [0.4, 0.5) is 0 Å². The van der Waals surface area contributed by atoms with Gasteiger partial charge in [-0.2, -0.15) is 0 Å². The first-order valence-corrected chi connectivity index (χ1v) is 7.00. The summed E-state index contributed by atoms with van der Waals surface area (Å²) in [4.78, 5) is 22.6. The summed E-state index contributed by atoms with van der Waals surface area (Å²) in [5.41, 5.74) is 0.136. The van der Waals surface area contributed by atoms with Crippen LogP contribution in [0.3, 0.4) is 0 Å². The number of carboxylic acids is 1. The van der Waals surface area contributed by atoms with Gasteiger partial charge in [0.15, 0.2) is 6.10 Å². The molecular formula is C13H16INO4. The van der Waals surface area contributed by atoms with Gasteiger partial charge in [0.25, 0.3) is 5.91 Å². The molecule has 1 amide bonds. The first kappa shape index (κ1) is 15.7. The van der Waals surface area contributed by atoms with Crippen molar-refractivity contribution in [1.29, 1.82) is 0 Å². The fraction of sp³-hybridized carbons (Fsp3) is 0.385. The maximum atomic E-state index is 11.7. The summed E-state index contributed by atoms with van der Waals surface area (Å²) >= 11 is 2.04. The average molecular weight is 377 g/mol. The highest BCUT2D eigenvalue weighted by Crippen LogP contribution is 2.23. The lowest BCUT2D eigenvalue weighted by Gasteiger charge is -2.15. The van der Waals surface area contributed by atoms with Crippen molar-refractivity contribution in [3.63, 3.8) is 0 Å². The van der Waals surface area contributed by atoms with Gasteiger partial charge < -0.3 is 15.2 Å². The van der Waals surface area contributed by atoms with Gasteiger partial charge in [0.05, 0.1) is 9.13 Å². The Kier molecular flexibility index (Phi) is 6.07. The molecule has 1 aromatic rings. The molecule has 19 heavy (non-hydrogen) atoms. The standard InChI is InChI=1S/C13H16INO4/c1-3-6-15-12(16)8(2)19-11-7-9(13(17)18)4-5-10(11)14/h4-5,7-8H,3,6H2,1-2H3,(H,15,16)(H,17,18). The summed E-state index contributed by atoms with van der Waals surface area (Å²) in [5, 5.41) is 11.6. The number of benzene rings is 1. The van der Waals surface area contributed by atoms with E-state index in [2.05, 4.69) is 5.32 Å². The van der Waals surface area contributed by atoms with Crippen molar-refractivity contribution in [3.8, 4) is 5.75 Å². The maximum absolute atomic E-state index is 11.7. The normalized spacial score (nSPS) is 11.7. The number of carbonyl (C=O) groups excluding carboxylic acids is 1. The highest BCUT2D eigenvalue weighted by molar-refractivity contribution is 14.1. The molecule has 0 saturated heterocycles. The summed E-state index contributed by atoms with van der Waals surface area (Å²) in [6, 6.07) is 4.57. The number of hydrogen-bond donors (Lipinski definition) is 2. The van der Waals surface area contributed by atoms with Gasteiger partial charge in [-0.25, -0.2) is 4.79 Å². The van der Waals surface area contributed by atoms with E-state index in [9.17, 15) is 9.59 Å². The smallest absolute Gasteiger partial charge is 0.335 e. The number of carboxylic acid groups (broad SMARTS) is 1. The van der Waals surface area contributed by atoms with Crippen LogP contribution in [0.15, 0.2) is 18.2 Å². The summed E-state index contributed by atoms with van der Waals surface area (Å²) in [6.07, 6.45) is 0.189. The molecule has 0 aromatic heterocycles. The third-order valence-electron chi connectivity index (χ3n) is 2.40. The Morgan fingerprint density at radius 3 is 2.74 bits per heavy atom. The van der Waals surface area contributed by atoms with E-state index >= 15 is 0 Å². The Balaban J connectivity index is 2.78. The molecule has 2 N–H and O–H groups in total. The number of aromatic carboxylic acids is 1. The molecule has 0 bridgehead atoms. The summed E-state index contributed by atoms with van der Waals surface area (Å²) < 4.78 is 6.27. The molecule has 1 aromatic carbocycles. The molecule has 0 heterocycles. The van der Waals surface area contributed by atoms with Gasteiger partial charge in [-0.15, -0.1) is 0 Å². The molecule has 0 aliphatic carbocycles. The van der Waals surface area contributed by atoms with Gasteiger partial charge in [0, 0.05) is 6.54 Å². The van der Waals surface area contributed by atoms with Crippen LogP contribution in [-0.4, -0.2) is 29.6 Å². The lowest BCUT2D eigenvalue weighted by molar-refractivity contribution is -0.127. The third-order valence-corrected chi connectivity index (χ3v) is 3.29. The maximum Gasteiger partial charge on any atom is 0.335 e.